The Hall–Kier alpha value is -4.15. The van der Waals surface area contributed by atoms with Gasteiger partial charge < -0.3 is 31.1 Å². The number of aryl methyl sites for hydroxylation is 1. The number of aliphatic hydroxyl groups excluding tert-OH is 2. The average molecular weight is 548 g/mol. The third-order valence-corrected chi connectivity index (χ3v) is 8.51. The molecule has 5 rings (SSSR count). The van der Waals surface area contributed by atoms with Gasteiger partial charge in [-0.3, -0.25) is 19.3 Å². The first-order valence-corrected chi connectivity index (χ1v) is 13.0. The van der Waals surface area contributed by atoms with Crippen LogP contribution in [0.5, 0.6) is 5.75 Å². The largest absolute Gasteiger partial charge is 0.510 e. The summed E-state index contributed by atoms with van der Waals surface area (Å²) in [6.07, 6.45) is 0.267. The summed E-state index contributed by atoms with van der Waals surface area (Å²) >= 11 is 0. The van der Waals surface area contributed by atoms with Crippen LogP contribution in [-0.4, -0.2) is 82.6 Å². The van der Waals surface area contributed by atoms with E-state index < -0.39 is 58.0 Å². The molecule has 0 saturated carbocycles. The molecule has 3 aliphatic carbocycles. The number of amides is 1. The molecule has 6 N–H and O–H groups in total. The molecule has 2 aromatic carbocycles. The van der Waals surface area contributed by atoms with Crippen LogP contribution >= 0.6 is 0 Å². The number of phenolic OH excluding ortho intramolecular Hbond substituents is 1. The molecule has 0 spiro atoms. The number of fused-ring (bicyclic) bond motifs is 3. The monoisotopic (exact) mass is 547 g/mol. The number of rotatable bonds is 4. The lowest BCUT2D eigenvalue weighted by Gasteiger charge is -2.50. The molecule has 10 nitrogen and oxygen atoms in total. The van der Waals surface area contributed by atoms with Gasteiger partial charge in [0.15, 0.2) is 11.4 Å². The Labute approximate surface area is 231 Å². The van der Waals surface area contributed by atoms with Gasteiger partial charge in [0.05, 0.1) is 11.6 Å². The lowest BCUT2D eigenvalue weighted by molar-refractivity contribution is -0.148. The zero-order chi connectivity index (χ0) is 29.4. The number of nitrogens with zero attached hydrogens (tertiary/aromatic N) is 2. The Morgan fingerprint density at radius 3 is 2.33 bits per heavy atom. The van der Waals surface area contributed by atoms with Gasteiger partial charge in [-0.1, -0.05) is 29.8 Å². The Bertz CT molecular complexity index is 1550. The first-order chi connectivity index (χ1) is 18.7. The van der Waals surface area contributed by atoms with Crippen molar-refractivity contribution in [3.63, 3.8) is 0 Å². The number of Topliss-reactive ketones (excluding diaryl/α,β-unsaturated/α-hetero) is 2. The summed E-state index contributed by atoms with van der Waals surface area (Å²) in [5, 5.41) is 45.7. The topological polar surface area (TPSA) is 165 Å². The Kier molecular flexibility index (Phi) is 6.31. The molecule has 2 aromatic rings. The van der Waals surface area contributed by atoms with Gasteiger partial charge in [0.1, 0.15) is 22.8 Å². The van der Waals surface area contributed by atoms with Crippen molar-refractivity contribution in [2.24, 2.45) is 17.6 Å². The summed E-state index contributed by atoms with van der Waals surface area (Å²) in [6, 6.07) is 8.25. The van der Waals surface area contributed by atoms with Crippen molar-refractivity contribution in [2.45, 2.75) is 31.4 Å². The van der Waals surface area contributed by atoms with E-state index in [0.717, 1.165) is 5.56 Å². The molecule has 3 aliphatic rings. The van der Waals surface area contributed by atoms with Crippen LogP contribution in [0.3, 0.4) is 0 Å². The zero-order valence-corrected chi connectivity index (χ0v) is 23.0. The van der Waals surface area contributed by atoms with Gasteiger partial charge in [-0.2, -0.15) is 0 Å². The van der Waals surface area contributed by atoms with Crippen molar-refractivity contribution >= 4 is 23.2 Å². The maximum Gasteiger partial charge on any atom is 0.255 e. The van der Waals surface area contributed by atoms with Crippen molar-refractivity contribution in [3.05, 3.63) is 69.7 Å². The number of likely N-dealkylation sites (N-methyl/N-ethyl adjacent to an activating group) is 1. The number of phenols is 1. The fourth-order valence-electron chi connectivity index (χ4n) is 6.73. The summed E-state index contributed by atoms with van der Waals surface area (Å²) in [4.78, 5) is 43.2. The third kappa shape index (κ3) is 3.66. The van der Waals surface area contributed by atoms with Crippen LogP contribution in [0, 0.1) is 18.8 Å². The molecule has 0 radical (unpaired) electrons. The maximum absolute atomic E-state index is 14.1. The molecular weight excluding hydrogens is 514 g/mol. The number of allylic oxidation sites excluding steroid dienone is 1. The fourth-order valence-corrected chi connectivity index (χ4v) is 6.73. The molecule has 0 bridgehead atoms. The van der Waals surface area contributed by atoms with Gasteiger partial charge in [-0.05, 0) is 57.0 Å². The van der Waals surface area contributed by atoms with Crippen LogP contribution in [0.4, 0.5) is 5.69 Å². The molecule has 0 aromatic heterocycles. The second-order valence-corrected chi connectivity index (χ2v) is 11.4. The van der Waals surface area contributed by atoms with E-state index in [9.17, 15) is 34.8 Å². The highest BCUT2D eigenvalue weighted by Crippen LogP contribution is 2.54. The molecule has 0 aliphatic heterocycles. The number of carbonyl (C=O) groups is 3. The number of anilines is 1. The average Bonchev–Trinajstić information content (AvgIpc) is 2.85. The molecule has 0 heterocycles. The minimum absolute atomic E-state index is 0.0107. The number of ketones is 2. The molecule has 210 valence electrons. The Balaban J connectivity index is 1.76. The molecule has 40 heavy (non-hydrogen) atoms. The van der Waals surface area contributed by atoms with Gasteiger partial charge >= 0.3 is 0 Å². The number of hydrogen-bond donors (Lipinski definition) is 5. The van der Waals surface area contributed by atoms with Crippen molar-refractivity contribution in [1.82, 2.24) is 4.90 Å². The summed E-state index contributed by atoms with van der Waals surface area (Å²) in [6.45, 7) is 1.91. The number of benzene rings is 2. The number of hydrogen-bond acceptors (Lipinski definition) is 9. The normalized spacial score (nSPS) is 26.0. The lowest BCUT2D eigenvalue weighted by atomic mass is 9.58. The van der Waals surface area contributed by atoms with Crippen LogP contribution in [0.25, 0.3) is 11.1 Å². The van der Waals surface area contributed by atoms with Crippen LogP contribution in [0.2, 0.25) is 0 Å². The standard InChI is InChI=1S/C30H33N3O7/c1-13-7-6-8-14(9-13)16-12-19(32(2)3)17-10-15-11-18-23(33(4)5)26(36)22(29(31)39)28(38)30(18,40)27(37)20(15)25(35)21(17)24(16)34/h6-9,12,15,18,23,34,36-37,40H,10-11H2,1-5H3,(H2,31,39). The maximum atomic E-state index is 14.1. The first-order valence-electron chi connectivity index (χ1n) is 13.0. The van der Waals surface area contributed by atoms with Crippen molar-refractivity contribution < 1.29 is 34.8 Å². The first kappa shape index (κ1) is 27.4. The highest BCUT2D eigenvalue weighted by atomic mass is 16.3. The van der Waals surface area contributed by atoms with Crippen molar-refractivity contribution in [2.75, 3.05) is 33.1 Å². The highest BCUT2D eigenvalue weighted by Gasteiger charge is 2.63. The minimum atomic E-state index is -2.67. The van der Waals surface area contributed by atoms with E-state index in [-0.39, 0.29) is 29.7 Å². The van der Waals surface area contributed by atoms with Crippen molar-refractivity contribution in [1.29, 1.82) is 0 Å². The van der Waals surface area contributed by atoms with Crippen LogP contribution < -0.4 is 10.6 Å². The van der Waals surface area contributed by atoms with E-state index in [1.807, 2.05) is 56.3 Å². The summed E-state index contributed by atoms with van der Waals surface area (Å²) in [5.41, 5.74) is 5.08. The van der Waals surface area contributed by atoms with E-state index in [1.165, 1.54) is 4.90 Å². The SMILES string of the molecule is Cc1cccc(-c2cc(N(C)C)c3c(c2O)C(=O)C2=C(O)C4(O)C(=O)C(C(N)=O)=C(O)C(N(C)C)C4CC2C3)c1. The second-order valence-electron chi connectivity index (χ2n) is 11.4. The third-order valence-electron chi connectivity index (χ3n) is 8.51. The molecule has 4 atom stereocenters. The highest BCUT2D eigenvalue weighted by molar-refractivity contribution is 6.25. The number of nitrogens with two attached hydrogens (primary N) is 1. The Morgan fingerprint density at radius 2 is 1.75 bits per heavy atom. The van der Waals surface area contributed by atoms with Crippen LogP contribution in [-0.2, 0) is 16.0 Å². The smallest absolute Gasteiger partial charge is 0.255 e. The van der Waals surface area contributed by atoms with E-state index in [2.05, 4.69) is 0 Å². The van der Waals surface area contributed by atoms with E-state index in [1.54, 1.807) is 14.1 Å². The van der Waals surface area contributed by atoms with E-state index in [0.29, 0.717) is 22.4 Å². The van der Waals surface area contributed by atoms with Gasteiger partial charge in [0, 0.05) is 36.8 Å². The number of aliphatic hydroxyl groups is 3. The summed E-state index contributed by atoms with van der Waals surface area (Å²) in [7, 11) is 6.86. The van der Waals surface area contributed by atoms with Gasteiger partial charge in [-0.25, -0.2) is 0 Å². The number of carbonyl (C=O) groups excluding carboxylic acids is 3. The predicted molar refractivity (Wildman–Crippen MR) is 148 cm³/mol. The van der Waals surface area contributed by atoms with E-state index in [4.69, 9.17) is 5.73 Å². The molecule has 0 saturated heterocycles. The lowest BCUT2D eigenvalue weighted by Crippen LogP contribution is -2.63. The summed E-state index contributed by atoms with van der Waals surface area (Å²) < 4.78 is 0. The van der Waals surface area contributed by atoms with E-state index >= 15 is 0 Å². The summed E-state index contributed by atoms with van der Waals surface area (Å²) in [5.74, 6) is -6.65. The minimum Gasteiger partial charge on any atom is -0.510 e. The van der Waals surface area contributed by atoms with Crippen LogP contribution in [0.15, 0.2) is 53.0 Å². The van der Waals surface area contributed by atoms with Gasteiger partial charge in [-0.15, -0.1) is 0 Å². The fraction of sp³-hybridized carbons (Fsp3) is 0.367. The van der Waals surface area contributed by atoms with Crippen LogP contribution in [0.1, 0.15) is 27.9 Å². The second kappa shape index (κ2) is 9.21. The number of aromatic hydroxyl groups is 1. The predicted octanol–water partition coefficient (Wildman–Crippen LogP) is 2.16. The zero-order valence-electron chi connectivity index (χ0n) is 23.0. The molecular formula is C30H33N3O7. The van der Waals surface area contributed by atoms with Gasteiger partial charge in [0.25, 0.3) is 5.91 Å². The number of primary amides is 1. The Morgan fingerprint density at radius 1 is 1.07 bits per heavy atom. The van der Waals surface area contributed by atoms with Crippen molar-refractivity contribution in [3.8, 4) is 16.9 Å². The molecule has 10 heteroatoms. The molecule has 1 amide bonds. The van der Waals surface area contributed by atoms with Gasteiger partial charge in [0.2, 0.25) is 5.78 Å². The quantitative estimate of drug-likeness (QED) is 0.361. The molecule has 4 unspecified atom stereocenters. The molecule has 0 fully saturated rings.